The molecule has 1 saturated carbocycles. The molecule has 1 heterocycles. The van der Waals surface area contributed by atoms with Crippen LogP contribution in [0.1, 0.15) is 57.9 Å². The van der Waals surface area contributed by atoms with E-state index in [0.29, 0.717) is 17.7 Å². The Labute approximate surface area is 165 Å². The minimum Gasteiger partial charge on any atom is -0.497 e. The second-order valence-electron chi connectivity index (χ2n) is 7.61. The maximum atomic E-state index is 13.3. The molecule has 152 valence electrons. The van der Waals surface area contributed by atoms with Crippen LogP contribution in [0.4, 0.5) is 4.79 Å². The molecule has 2 aliphatic rings. The van der Waals surface area contributed by atoms with E-state index >= 15 is 0 Å². The normalized spacial score (nSPS) is 24.0. The summed E-state index contributed by atoms with van der Waals surface area (Å²) in [6, 6.07) is 5.80. The lowest BCUT2D eigenvalue weighted by atomic mass is 9.87. The van der Waals surface area contributed by atoms with Crippen LogP contribution in [0.5, 0.6) is 5.75 Å². The van der Waals surface area contributed by atoms with Gasteiger partial charge in [0.25, 0.3) is 5.91 Å². The van der Waals surface area contributed by atoms with Crippen molar-refractivity contribution in [2.24, 2.45) is 0 Å². The molecular formula is C21H29N3O4. The summed E-state index contributed by atoms with van der Waals surface area (Å²) in [5.74, 6) is -0.00245. The van der Waals surface area contributed by atoms with Gasteiger partial charge in [0, 0.05) is 6.04 Å². The number of benzene rings is 1. The standard InChI is InChI=1S/C21H29N3O4/c1-4-21(15-10-12-17(28-3)13-11-15)19(26)24(20(27)23-21)14(2)18(25)22-16-8-6-5-7-9-16/h10-14,16H,4-9H2,1-3H3,(H,22,25)(H,23,27)/t14-,21+/m1/s1. The molecule has 1 saturated heterocycles. The first-order valence-corrected chi connectivity index (χ1v) is 10.0. The molecule has 0 bridgehead atoms. The van der Waals surface area contributed by atoms with Crippen molar-refractivity contribution in [2.75, 3.05) is 7.11 Å². The molecule has 7 nitrogen and oxygen atoms in total. The second-order valence-corrected chi connectivity index (χ2v) is 7.61. The number of carbonyl (C=O) groups excluding carboxylic acids is 3. The minimum atomic E-state index is -1.16. The molecule has 2 N–H and O–H groups in total. The van der Waals surface area contributed by atoms with Crippen LogP contribution < -0.4 is 15.4 Å². The van der Waals surface area contributed by atoms with Crippen LogP contribution in [0.2, 0.25) is 0 Å². The number of urea groups is 1. The first-order valence-electron chi connectivity index (χ1n) is 10.0. The van der Waals surface area contributed by atoms with Gasteiger partial charge in [-0.3, -0.25) is 9.59 Å². The second kappa shape index (κ2) is 8.20. The first-order chi connectivity index (χ1) is 13.4. The van der Waals surface area contributed by atoms with E-state index < -0.39 is 23.5 Å². The molecule has 2 atom stereocenters. The molecule has 2 fully saturated rings. The predicted octanol–water partition coefficient (Wildman–Crippen LogP) is 2.69. The third kappa shape index (κ3) is 3.57. The van der Waals surface area contributed by atoms with Crippen molar-refractivity contribution in [3.05, 3.63) is 29.8 Å². The SMILES string of the molecule is CC[C@@]1(c2ccc(OC)cc2)NC(=O)N([C@H](C)C(=O)NC2CCCCC2)C1=O. The highest BCUT2D eigenvalue weighted by atomic mass is 16.5. The van der Waals surface area contributed by atoms with Gasteiger partial charge in [0.1, 0.15) is 17.3 Å². The Hall–Kier alpha value is -2.57. The molecule has 0 radical (unpaired) electrons. The number of methoxy groups -OCH3 is 1. The molecule has 1 aromatic rings. The molecule has 4 amide bonds. The van der Waals surface area contributed by atoms with Gasteiger partial charge >= 0.3 is 6.03 Å². The molecule has 3 rings (SSSR count). The third-order valence-corrected chi connectivity index (χ3v) is 5.95. The monoisotopic (exact) mass is 387 g/mol. The Morgan fingerprint density at radius 3 is 2.46 bits per heavy atom. The zero-order valence-corrected chi connectivity index (χ0v) is 16.8. The van der Waals surface area contributed by atoms with Gasteiger partial charge in [-0.05, 0) is 43.9 Å². The number of nitrogens with one attached hydrogen (secondary N) is 2. The Kier molecular flexibility index (Phi) is 5.91. The van der Waals surface area contributed by atoms with E-state index in [4.69, 9.17) is 4.74 Å². The molecule has 0 aromatic heterocycles. The van der Waals surface area contributed by atoms with Gasteiger partial charge in [-0.1, -0.05) is 38.3 Å². The van der Waals surface area contributed by atoms with Gasteiger partial charge in [-0.15, -0.1) is 0 Å². The Bertz CT molecular complexity index is 743. The topological polar surface area (TPSA) is 87.7 Å². The average Bonchev–Trinajstić information content (AvgIpc) is 2.98. The number of imide groups is 1. The molecule has 1 aliphatic carbocycles. The summed E-state index contributed by atoms with van der Waals surface area (Å²) >= 11 is 0. The highest BCUT2D eigenvalue weighted by Crippen LogP contribution is 2.34. The van der Waals surface area contributed by atoms with Crippen LogP contribution >= 0.6 is 0 Å². The molecular weight excluding hydrogens is 358 g/mol. The minimum absolute atomic E-state index is 0.127. The van der Waals surface area contributed by atoms with E-state index in [1.54, 1.807) is 38.3 Å². The van der Waals surface area contributed by atoms with E-state index in [1.807, 2.05) is 6.92 Å². The number of carbonyl (C=O) groups is 3. The average molecular weight is 387 g/mol. The predicted molar refractivity (Wildman–Crippen MR) is 105 cm³/mol. The zero-order chi connectivity index (χ0) is 20.3. The maximum Gasteiger partial charge on any atom is 0.326 e. The maximum absolute atomic E-state index is 13.3. The summed E-state index contributed by atoms with van der Waals surface area (Å²) in [5.41, 5.74) is -0.487. The van der Waals surface area contributed by atoms with E-state index in [-0.39, 0.29) is 11.9 Å². The van der Waals surface area contributed by atoms with Crippen LogP contribution in [0.15, 0.2) is 24.3 Å². The Morgan fingerprint density at radius 1 is 1.25 bits per heavy atom. The van der Waals surface area contributed by atoms with Gasteiger partial charge in [-0.2, -0.15) is 0 Å². The molecule has 0 unspecified atom stereocenters. The summed E-state index contributed by atoms with van der Waals surface area (Å²) in [4.78, 5) is 39.7. The Balaban J connectivity index is 1.79. The van der Waals surface area contributed by atoms with Crippen LogP contribution in [0, 0.1) is 0 Å². The van der Waals surface area contributed by atoms with Gasteiger partial charge in [0.05, 0.1) is 7.11 Å². The summed E-state index contributed by atoms with van der Waals surface area (Å²) in [6.45, 7) is 3.45. The van der Waals surface area contributed by atoms with E-state index in [9.17, 15) is 14.4 Å². The number of nitrogens with zero attached hydrogens (tertiary/aromatic N) is 1. The lowest BCUT2D eigenvalue weighted by Gasteiger charge is -2.29. The van der Waals surface area contributed by atoms with Crippen molar-refractivity contribution in [1.82, 2.24) is 15.5 Å². The molecule has 0 spiro atoms. The smallest absolute Gasteiger partial charge is 0.326 e. The zero-order valence-electron chi connectivity index (χ0n) is 16.8. The quantitative estimate of drug-likeness (QED) is 0.735. The fourth-order valence-corrected chi connectivity index (χ4v) is 4.15. The van der Waals surface area contributed by atoms with E-state index in [0.717, 1.165) is 30.6 Å². The fraction of sp³-hybridized carbons (Fsp3) is 0.571. The van der Waals surface area contributed by atoms with Crippen molar-refractivity contribution >= 4 is 17.8 Å². The summed E-state index contributed by atoms with van der Waals surface area (Å²) in [6.07, 6.45) is 5.66. The third-order valence-electron chi connectivity index (χ3n) is 5.95. The number of amides is 4. The van der Waals surface area contributed by atoms with Gasteiger partial charge in [0.2, 0.25) is 5.91 Å². The largest absolute Gasteiger partial charge is 0.497 e. The van der Waals surface area contributed by atoms with Crippen molar-refractivity contribution in [1.29, 1.82) is 0 Å². The van der Waals surface area contributed by atoms with Gasteiger partial charge in [0.15, 0.2) is 0 Å². The van der Waals surface area contributed by atoms with Crippen molar-refractivity contribution in [3.63, 3.8) is 0 Å². The summed E-state index contributed by atoms with van der Waals surface area (Å²) in [7, 11) is 1.57. The van der Waals surface area contributed by atoms with Crippen LogP contribution in [-0.2, 0) is 15.1 Å². The van der Waals surface area contributed by atoms with Gasteiger partial charge in [-0.25, -0.2) is 9.69 Å². The highest BCUT2D eigenvalue weighted by Gasteiger charge is 2.53. The first kappa shape index (κ1) is 20.2. The van der Waals surface area contributed by atoms with Crippen molar-refractivity contribution in [3.8, 4) is 5.75 Å². The lowest BCUT2D eigenvalue weighted by Crippen LogP contribution is -2.51. The van der Waals surface area contributed by atoms with E-state index in [2.05, 4.69) is 10.6 Å². The summed E-state index contributed by atoms with van der Waals surface area (Å²) < 4.78 is 5.17. The highest BCUT2D eigenvalue weighted by molar-refractivity contribution is 6.10. The van der Waals surface area contributed by atoms with Gasteiger partial charge < -0.3 is 15.4 Å². The molecule has 1 aromatic carbocycles. The van der Waals surface area contributed by atoms with Crippen LogP contribution in [0.3, 0.4) is 0 Å². The lowest BCUT2D eigenvalue weighted by molar-refractivity contribution is -0.138. The number of hydrogen-bond acceptors (Lipinski definition) is 4. The van der Waals surface area contributed by atoms with Crippen molar-refractivity contribution in [2.45, 2.75) is 70.0 Å². The summed E-state index contributed by atoms with van der Waals surface area (Å²) in [5, 5.41) is 5.83. The number of ether oxygens (including phenoxy) is 1. The van der Waals surface area contributed by atoms with Crippen molar-refractivity contribution < 1.29 is 19.1 Å². The number of hydrogen-bond donors (Lipinski definition) is 2. The molecule has 7 heteroatoms. The molecule has 1 aliphatic heterocycles. The van der Waals surface area contributed by atoms with E-state index in [1.165, 1.54) is 6.42 Å². The Morgan fingerprint density at radius 2 is 1.89 bits per heavy atom. The van der Waals surface area contributed by atoms with Crippen LogP contribution in [0.25, 0.3) is 0 Å². The molecule has 28 heavy (non-hydrogen) atoms. The number of rotatable bonds is 6. The van der Waals surface area contributed by atoms with Crippen LogP contribution in [-0.4, -0.2) is 41.9 Å². The fourth-order valence-electron chi connectivity index (χ4n) is 4.15.